The number of ketones is 1. The highest BCUT2D eigenvalue weighted by Crippen LogP contribution is 2.45. The van der Waals surface area contributed by atoms with Gasteiger partial charge in [0.25, 0.3) is 0 Å². The van der Waals surface area contributed by atoms with Gasteiger partial charge in [-0.1, -0.05) is 105 Å². The molecule has 86 heavy (non-hydrogen) atoms. The highest BCUT2D eigenvalue weighted by Gasteiger charge is 2.41. The van der Waals surface area contributed by atoms with Crippen LogP contribution in [0.3, 0.4) is 0 Å². The summed E-state index contributed by atoms with van der Waals surface area (Å²) in [5.74, 6) is 0.637. The van der Waals surface area contributed by atoms with Crippen molar-refractivity contribution in [1.82, 2.24) is 15.1 Å². The Morgan fingerprint density at radius 1 is 0.674 bits per heavy atom. The highest BCUT2D eigenvalue weighted by molar-refractivity contribution is 6.98. The van der Waals surface area contributed by atoms with Gasteiger partial charge in [0, 0.05) is 94.3 Å². The van der Waals surface area contributed by atoms with Crippen molar-refractivity contribution >= 4 is 78.8 Å². The van der Waals surface area contributed by atoms with E-state index in [2.05, 4.69) is 164 Å². The molecule has 0 fully saturated rings. The molecule has 2 aliphatic rings. The lowest BCUT2D eigenvalue weighted by molar-refractivity contribution is -0.462. The topological polar surface area (TPSA) is 118 Å². The maximum Gasteiger partial charge on any atom is 0.569 e. The Labute approximate surface area is 509 Å². The summed E-state index contributed by atoms with van der Waals surface area (Å²) in [5.41, 5.74) is 13.5. The number of carbonyl (C=O) groups excluding carboxylic acids is 2. The van der Waals surface area contributed by atoms with Crippen molar-refractivity contribution in [2.75, 3.05) is 52.7 Å². The molecule has 0 aromatic heterocycles. The number of carbonyl (C=O) groups is 2. The predicted octanol–water partition coefficient (Wildman–Crippen LogP) is 11.9. The molecule has 1 aliphatic carbocycles. The van der Waals surface area contributed by atoms with Gasteiger partial charge in [-0.2, -0.15) is 0 Å². The summed E-state index contributed by atoms with van der Waals surface area (Å²) in [6.07, 6.45) is 9.21. The second kappa shape index (κ2) is 27.6. The van der Waals surface area contributed by atoms with Crippen LogP contribution in [0.25, 0.3) is 38.2 Å². The van der Waals surface area contributed by atoms with E-state index in [9.17, 15) is 19.6 Å². The van der Waals surface area contributed by atoms with Crippen LogP contribution in [0.15, 0.2) is 175 Å². The minimum atomic E-state index is -2.31. The summed E-state index contributed by atoms with van der Waals surface area (Å²) in [4.78, 5) is 32.4. The first-order valence-corrected chi connectivity index (χ1v) is 32.6. The molecule has 0 spiro atoms. The number of Topliss-reactive ketones (excluding diaryl/α,β-unsaturated/α-hetero) is 1. The van der Waals surface area contributed by atoms with Crippen molar-refractivity contribution in [2.45, 2.75) is 85.7 Å². The second-order valence-corrected chi connectivity index (χ2v) is 28.1. The van der Waals surface area contributed by atoms with Gasteiger partial charge in [-0.15, -0.1) is 0 Å². The Morgan fingerprint density at radius 3 is 1.86 bits per heavy atom. The molecule has 0 unspecified atom stereocenters. The molecule has 0 atom stereocenters. The molecular formula is C71H79B2FN5O6Si+. The highest BCUT2D eigenvalue weighted by atomic mass is 28.3. The van der Waals surface area contributed by atoms with E-state index in [1.54, 1.807) is 19.9 Å². The molecule has 1 amide bonds. The van der Waals surface area contributed by atoms with Crippen LogP contribution in [0.5, 0.6) is 11.5 Å². The molecular weight excluding hydrogens is 1090 g/mol. The van der Waals surface area contributed by atoms with Gasteiger partial charge >= 0.3 is 15.4 Å². The molecule has 0 saturated carbocycles. The van der Waals surface area contributed by atoms with Gasteiger partial charge in [0.15, 0.2) is 11.5 Å². The number of halogens is 1. The van der Waals surface area contributed by atoms with Crippen molar-refractivity contribution < 1.29 is 37.9 Å². The van der Waals surface area contributed by atoms with Gasteiger partial charge in [-0.25, -0.2) is 8.97 Å². The second-order valence-electron chi connectivity index (χ2n) is 23.8. The lowest BCUT2D eigenvalue weighted by Crippen LogP contribution is -2.49. The van der Waals surface area contributed by atoms with E-state index < -0.39 is 8.07 Å². The van der Waals surface area contributed by atoms with Crippen molar-refractivity contribution in [3.05, 3.63) is 219 Å². The molecule has 15 heteroatoms. The summed E-state index contributed by atoms with van der Waals surface area (Å²) < 4.78 is 30.8. The Kier molecular flexibility index (Phi) is 20.1. The molecule has 0 bridgehead atoms. The SMILES string of the molecule is C=C(C)C(=O)CCCCN(Cc1ccccc1O[B]O)Cc1c2ccccc2c(CN(CCCNC(=O)C(=C)C)Cc2ccccc2O[B]O)c2ccc(-c3cc(F)c(C)c(C4=C5C=CC(=[N+](C)C)C=C5[Si](C)(C)c5cc(N(C)C)ccc54)c3)cc12. The minimum absolute atomic E-state index is 0.0518. The summed E-state index contributed by atoms with van der Waals surface area (Å²) >= 11 is 0. The Bertz CT molecular complexity index is 3900. The standard InChI is InChI=1S/C71H78B2FN5O6Si/c1-46(2)65(80)25-18-19-35-78(42-50-21-12-16-26-66(50)84-72-82)45-63-56-24-15-14-23-55(56)62(44-79(36-20-34-75-71(81)47(3)4)43-51-22-13-17-27-67(51)85-73-83)57-31-28-49(37-61(57)63)52-38-60(48(5)64(74)39-52)70-58-32-29-53(76(6)7)40-68(58)86(10,11)69-41-54(77(8)9)30-33-59(69)70/h12-17,21-24,26-33,37-41,82-83H,1,3,18-20,25,34-36,42-45H2,2,4-11H3/p+1. The fourth-order valence-electron chi connectivity index (χ4n) is 12.1. The monoisotopic (exact) mass is 1170 g/mol. The van der Waals surface area contributed by atoms with E-state index in [-0.39, 0.29) is 17.5 Å². The molecule has 1 heterocycles. The fraction of sp³-hybridized carbons (Fsp3) is 0.282. The number of rotatable bonds is 26. The van der Waals surface area contributed by atoms with E-state index in [4.69, 9.17) is 9.31 Å². The third-order valence-corrected chi connectivity index (χ3v) is 20.4. The summed E-state index contributed by atoms with van der Waals surface area (Å²) in [6, 6.07) is 41.1. The zero-order valence-electron chi connectivity index (χ0n) is 51.3. The molecule has 0 saturated heterocycles. The Morgan fingerprint density at radius 2 is 1.27 bits per heavy atom. The number of nitrogens with one attached hydrogen (secondary N) is 1. The van der Waals surface area contributed by atoms with Crippen molar-refractivity contribution in [1.29, 1.82) is 0 Å². The number of allylic oxidation sites excluding steroid dienone is 6. The number of unbranched alkanes of at least 4 members (excludes halogenated alkanes) is 1. The maximum atomic E-state index is 17.4. The molecule has 7 aromatic carbocycles. The number of hydrogen-bond donors (Lipinski definition) is 3. The quantitative estimate of drug-likeness (QED) is 0.0160. The van der Waals surface area contributed by atoms with Gasteiger partial charge in [0.1, 0.15) is 39.5 Å². The van der Waals surface area contributed by atoms with Gasteiger partial charge in [0.05, 0.1) is 0 Å². The van der Waals surface area contributed by atoms with Crippen LogP contribution in [0.2, 0.25) is 13.1 Å². The fourth-order valence-corrected chi connectivity index (χ4v) is 15.2. The number of fused-ring (bicyclic) bond motifs is 4. The van der Waals surface area contributed by atoms with Crippen LogP contribution in [-0.2, 0) is 35.8 Å². The maximum absolute atomic E-state index is 17.4. The largest absolute Gasteiger partial charge is 0.569 e. The van der Waals surface area contributed by atoms with Gasteiger partial charge in [0.2, 0.25) is 5.91 Å². The van der Waals surface area contributed by atoms with Gasteiger partial charge in [-0.3, -0.25) is 19.4 Å². The third-order valence-electron chi connectivity index (χ3n) is 16.9. The average molecular weight is 1170 g/mol. The van der Waals surface area contributed by atoms with Crippen molar-refractivity contribution in [3.63, 3.8) is 0 Å². The number of benzene rings is 7. The molecule has 9 rings (SSSR count). The predicted molar refractivity (Wildman–Crippen MR) is 354 cm³/mol. The number of hydrogen-bond acceptors (Lipinski definition) is 9. The zero-order chi connectivity index (χ0) is 61.4. The Hall–Kier alpha value is -7.91. The zero-order valence-corrected chi connectivity index (χ0v) is 52.3. The molecule has 440 valence electrons. The molecule has 11 nitrogen and oxygen atoms in total. The van der Waals surface area contributed by atoms with Crippen molar-refractivity contribution in [2.24, 2.45) is 0 Å². The molecule has 7 aromatic rings. The summed E-state index contributed by atoms with van der Waals surface area (Å²) in [6.45, 7) is 21.5. The first kappa shape index (κ1) is 62.6. The Balaban J connectivity index is 1.25. The molecule has 1 aliphatic heterocycles. The molecule has 2 radical (unpaired) electrons. The number of amides is 1. The van der Waals surface area contributed by atoms with E-state index in [1.165, 1.54) is 10.4 Å². The van der Waals surface area contributed by atoms with Crippen LogP contribution in [-0.4, -0.2) is 113 Å². The summed E-state index contributed by atoms with van der Waals surface area (Å²) in [5, 5.41) is 29.5. The van der Waals surface area contributed by atoms with Crippen LogP contribution < -0.4 is 24.7 Å². The number of anilines is 1. The van der Waals surface area contributed by atoms with Crippen molar-refractivity contribution in [3.8, 4) is 22.6 Å². The minimum Gasteiger partial charge on any atom is -0.537 e. The van der Waals surface area contributed by atoms with Crippen LogP contribution >= 0.6 is 0 Å². The smallest absolute Gasteiger partial charge is 0.537 e. The van der Waals surface area contributed by atoms with Gasteiger partial charge in [-0.05, 0) is 183 Å². The van der Waals surface area contributed by atoms with Gasteiger partial charge < -0.3 is 29.6 Å². The molecule has 3 N–H and O–H groups in total. The number of nitrogens with zero attached hydrogens (tertiary/aromatic N) is 4. The van der Waals surface area contributed by atoms with Crippen LogP contribution in [0, 0.1) is 12.7 Å². The lowest BCUT2D eigenvalue weighted by atomic mass is 9.85. The first-order chi connectivity index (χ1) is 41.3. The normalized spacial score (nSPS) is 13.4. The third kappa shape index (κ3) is 13.8. The summed E-state index contributed by atoms with van der Waals surface area (Å²) in [7, 11) is 7.40. The number of para-hydroxylation sites is 2. The van der Waals surface area contributed by atoms with E-state index in [1.807, 2.05) is 55.5 Å². The average Bonchev–Trinajstić information content (AvgIpc) is 1.17. The van der Waals surface area contributed by atoms with E-state index >= 15 is 4.39 Å². The lowest BCUT2D eigenvalue weighted by Gasteiger charge is -2.38. The van der Waals surface area contributed by atoms with Crippen LogP contribution in [0.4, 0.5) is 10.1 Å². The van der Waals surface area contributed by atoms with E-state index in [0.29, 0.717) is 109 Å². The van der Waals surface area contributed by atoms with Crippen LogP contribution in [0.1, 0.15) is 78.5 Å². The first-order valence-electron chi connectivity index (χ1n) is 29.6. The van der Waals surface area contributed by atoms with E-state index in [0.717, 1.165) is 95.0 Å².